The third kappa shape index (κ3) is 3.21. The minimum absolute atomic E-state index is 0.224. The van der Waals surface area contributed by atoms with E-state index in [9.17, 15) is 4.39 Å². The summed E-state index contributed by atoms with van der Waals surface area (Å²) < 4.78 is 18.9. The van der Waals surface area contributed by atoms with E-state index in [1.165, 1.54) is 37.8 Å². The van der Waals surface area contributed by atoms with Crippen LogP contribution in [0.2, 0.25) is 0 Å². The van der Waals surface area contributed by atoms with Crippen LogP contribution in [0.3, 0.4) is 0 Å². The van der Waals surface area contributed by atoms with Gasteiger partial charge in [0.2, 0.25) is 0 Å². The van der Waals surface area contributed by atoms with E-state index >= 15 is 0 Å². The summed E-state index contributed by atoms with van der Waals surface area (Å²) in [6.07, 6.45) is 5.12. The molecule has 1 aliphatic rings. The summed E-state index contributed by atoms with van der Waals surface area (Å²) in [6.45, 7) is 0.727. The summed E-state index contributed by atoms with van der Waals surface area (Å²) in [5.41, 5.74) is 0.918. The predicted molar refractivity (Wildman–Crippen MR) is 66.5 cm³/mol. The van der Waals surface area contributed by atoms with Gasteiger partial charge in [0.25, 0.3) is 0 Å². The summed E-state index contributed by atoms with van der Waals surface area (Å²) in [6, 6.07) is 4.88. The van der Waals surface area contributed by atoms with E-state index in [1.54, 1.807) is 0 Å². The molecular weight excluding hydrogens is 271 g/mol. The second-order valence-electron chi connectivity index (χ2n) is 4.39. The van der Waals surface area contributed by atoms with Crippen molar-refractivity contribution in [2.75, 3.05) is 6.61 Å². The minimum atomic E-state index is -0.224. The van der Waals surface area contributed by atoms with Crippen molar-refractivity contribution in [3.63, 3.8) is 0 Å². The molecule has 1 fully saturated rings. The first-order chi connectivity index (χ1) is 7.78. The summed E-state index contributed by atoms with van der Waals surface area (Å²) in [5.74, 6) is 1.09. The maximum Gasteiger partial charge on any atom is 0.127 e. The fourth-order valence-corrected chi connectivity index (χ4v) is 2.50. The van der Waals surface area contributed by atoms with Gasteiger partial charge in [-0.2, -0.15) is 0 Å². The molecule has 2 rings (SSSR count). The van der Waals surface area contributed by atoms with E-state index in [2.05, 4.69) is 15.9 Å². The van der Waals surface area contributed by atoms with Crippen LogP contribution in [0, 0.1) is 11.7 Å². The van der Waals surface area contributed by atoms with Crippen molar-refractivity contribution < 1.29 is 9.13 Å². The molecule has 1 aromatic carbocycles. The third-order valence-electron chi connectivity index (χ3n) is 3.05. The fraction of sp³-hybridized carbons (Fsp3) is 0.538. The highest BCUT2D eigenvalue weighted by molar-refractivity contribution is 9.08. The van der Waals surface area contributed by atoms with Crippen molar-refractivity contribution in [2.45, 2.75) is 31.0 Å². The molecule has 88 valence electrons. The Morgan fingerprint density at radius 2 is 2.00 bits per heavy atom. The van der Waals surface area contributed by atoms with Crippen LogP contribution < -0.4 is 4.74 Å². The number of hydrogen-bond donors (Lipinski definition) is 0. The molecule has 0 unspecified atom stereocenters. The number of ether oxygens (including phenoxy) is 1. The molecule has 0 atom stereocenters. The van der Waals surface area contributed by atoms with Crippen molar-refractivity contribution in [1.82, 2.24) is 0 Å². The number of halogens is 2. The zero-order chi connectivity index (χ0) is 11.4. The minimum Gasteiger partial charge on any atom is -0.493 e. The Morgan fingerprint density at radius 1 is 1.25 bits per heavy atom. The third-order valence-corrected chi connectivity index (χ3v) is 3.69. The summed E-state index contributed by atoms with van der Waals surface area (Å²) in [7, 11) is 0. The molecule has 1 aromatic rings. The Labute approximate surface area is 104 Å². The standard InChI is InChI=1S/C13H16BrFO/c14-8-11-5-12(15)7-13(6-11)16-9-10-3-1-2-4-10/h5-7,10H,1-4,8-9H2. The van der Waals surface area contributed by atoms with Crippen LogP contribution in [0.1, 0.15) is 31.2 Å². The Bertz CT molecular complexity index is 348. The van der Waals surface area contributed by atoms with Gasteiger partial charge in [-0.3, -0.25) is 0 Å². The normalized spacial score (nSPS) is 16.6. The Kier molecular flexibility index (Phi) is 4.22. The second-order valence-corrected chi connectivity index (χ2v) is 4.95. The molecule has 0 N–H and O–H groups in total. The lowest BCUT2D eigenvalue weighted by atomic mass is 10.1. The van der Waals surface area contributed by atoms with Crippen molar-refractivity contribution in [3.05, 3.63) is 29.6 Å². The van der Waals surface area contributed by atoms with Gasteiger partial charge in [0.1, 0.15) is 11.6 Å². The first-order valence-corrected chi connectivity index (χ1v) is 6.88. The maximum atomic E-state index is 13.2. The molecular formula is C13H16BrFO. The first kappa shape index (κ1) is 11.9. The summed E-state index contributed by atoms with van der Waals surface area (Å²) >= 11 is 3.32. The zero-order valence-corrected chi connectivity index (χ0v) is 10.8. The molecule has 0 saturated heterocycles. The average Bonchev–Trinajstić information content (AvgIpc) is 2.78. The molecule has 1 saturated carbocycles. The lowest BCUT2D eigenvalue weighted by Gasteiger charge is -2.12. The Hall–Kier alpha value is -0.570. The molecule has 0 aromatic heterocycles. The van der Waals surface area contributed by atoms with E-state index < -0.39 is 0 Å². The lowest BCUT2D eigenvalue weighted by Crippen LogP contribution is -2.08. The zero-order valence-electron chi connectivity index (χ0n) is 9.22. The molecule has 0 radical (unpaired) electrons. The van der Waals surface area contributed by atoms with Crippen LogP contribution in [-0.4, -0.2) is 6.61 Å². The van der Waals surface area contributed by atoms with Gasteiger partial charge in [-0.05, 0) is 36.5 Å². The fourth-order valence-electron chi connectivity index (χ4n) is 2.17. The van der Waals surface area contributed by atoms with Crippen molar-refractivity contribution in [3.8, 4) is 5.75 Å². The van der Waals surface area contributed by atoms with Gasteiger partial charge in [-0.1, -0.05) is 28.8 Å². The van der Waals surface area contributed by atoms with E-state index in [0.717, 1.165) is 12.2 Å². The molecule has 1 aliphatic carbocycles. The highest BCUT2D eigenvalue weighted by Gasteiger charge is 2.15. The van der Waals surface area contributed by atoms with E-state index in [0.29, 0.717) is 17.0 Å². The molecule has 3 heteroatoms. The number of benzene rings is 1. The van der Waals surface area contributed by atoms with Crippen molar-refractivity contribution in [2.24, 2.45) is 5.92 Å². The molecule has 0 aliphatic heterocycles. The van der Waals surface area contributed by atoms with Crippen LogP contribution in [0.4, 0.5) is 4.39 Å². The SMILES string of the molecule is Fc1cc(CBr)cc(OCC2CCCC2)c1. The van der Waals surface area contributed by atoms with Crippen LogP contribution >= 0.6 is 15.9 Å². The highest BCUT2D eigenvalue weighted by Crippen LogP contribution is 2.26. The van der Waals surface area contributed by atoms with E-state index in [-0.39, 0.29) is 5.82 Å². The van der Waals surface area contributed by atoms with Gasteiger partial charge in [-0.25, -0.2) is 4.39 Å². The monoisotopic (exact) mass is 286 g/mol. The smallest absolute Gasteiger partial charge is 0.127 e. The largest absolute Gasteiger partial charge is 0.493 e. The van der Waals surface area contributed by atoms with Crippen LogP contribution in [0.15, 0.2) is 18.2 Å². The lowest BCUT2D eigenvalue weighted by molar-refractivity contribution is 0.251. The van der Waals surface area contributed by atoms with Gasteiger partial charge < -0.3 is 4.74 Å². The maximum absolute atomic E-state index is 13.2. The van der Waals surface area contributed by atoms with Gasteiger partial charge in [-0.15, -0.1) is 0 Å². The quantitative estimate of drug-likeness (QED) is 0.751. The van der Waals surface area contributed by atoms with Crippen LogP contribution in [0.5, 0.6) is 5.75 Å². The average molecular weight is 287 g/mol. The number of hydrogen-bond acceptors (Lipinski definition) is 1. The van der Waals surface area contributed by atoms with Crippen LogP contribution in [0.25, 0.3) is 0 Å². The molecule has 0 heterocycles. The van der Waals surface area contributed by atoms with Gasteiger partial charge in [0, 0.05) is 11.4 Å². The second kappa shape index (κ2) is 5.67. The molecule has 1 nitrogen and oxygen atoms in total. The van der Waals surface area contributed by atoms with Gasteiger partial charge >= 0.3 is 0 Å². The topological polar surface area (TPSA) is 9.23 Å². The Morgan fingerprint density at radius 3 is 2.69 bits per heavy atom. The molecule has 0 spiro atoms. The summed E-state index contributed by atoms with van der Waals surface area (Å²) in [5, 5.41) is 0.657. The van der Waals surface area contributed by atoms with E-state index in [4.69, 9.17) is 4.74 Å². The van der Waals surface area contributed by atoms with Gasteiger partial charge in [0.15, 0.2) is 0 Å². The molecule has 0 bridgehead atoms. The van der Waals surface area contributed by atoms with Crippen LogP contribution in [-0.2, 0) is 5.33 Å². The predicted octanol–water partition coefficient (Wildman–Crippen LogP) is 4.29. The number of alkyl halides is 1. The molecule has 16 heavy (non-hydrogen) atoms. The number of rotatable bonds is 4. The summed E-state index contributed by atoms with van der Waals surface area (Å²) in [4.78, 5) is 0. The first-order valence-electron chi connectivity index (χ1n) is 5.76. The molecule has 0 amide bonds. The van der Waals surface area contributed by atoms with Crippen molar-refractivity contribution in [1.29, 1.82) is 0 Å². The Balaban J connectivity index is 1.94. The van der Waals surface area contributed by atoms with Crippen molar-refractivity contribution >= 4 is 15.9 Å². The van der Waals surface area contributed by atoms with E-state index in [1.807, 2.05) is 6.07 Å². The highest BCUT2D eigenvalue weighted by atomic mass is 79.9. The van der Waals surface area contributed by atoms with Gasteiger partial charge in [0.05, 0.1) is 6.61 Å².